The molecule has 0 aromatic heterocycles. The Morgan fingerprint density at radius 2 is 1.38 bits per heavy atom. The van der Waals surface area contributed by atoms with Gasteiger partial charge in [-0.05, 0) is 34.5 Å². The number of fused-ring (bicyclic) bond motifs is 2. The average molecular weight is 317 g/mol. The first-order valence-corrected chi connectivity index (χ1v) is 7.77. The van der Waals surface area contributed by atoms with Crippen molar-refractivity contribution in [1.82, 2.24) is 4.90 Å². The Morgan fingerprint density at radius 3 is 2.04 bits per heavy atom. The number of benzene rings is 3. The molecule has 4 heteroatoms. The zero-order chi connectivity index (χ0) is 16.7. The van der Waals surface area contributed by atoms with Crippen molar-refractivity contribution in [3.63, 3.8) is 0 Å². The van der Waals surface area contributed by atoms with E-state index in [0.717, 1.165) is 15.7 Å². The summed E-state index contributed by atoms with van der Waals surface area (Å²) < 4.78 is 0. The van der Waals surface area contributed by atoms with E-state index in [1.165, 1.54) is 0 Å². The van der Waals surface area contributed by atoms with Gasteiger partial charge < -0.3 is 5.11 Å². The van der Waals surface area contributed by atoms with Crippen LogP contribution in [0.1, 0.15) is 32.4 Å². The van der Waals surface area contributed by atoms with Crippen LogP contribution < -0.4 is 0 Å². The van der Waals surface area contributed by atoms with Crippen molar-refractivity contribution in [3.8, 4) is 0 Å². The summed E-state index contributed by atoms with van der Waals surface area (Å²) >= 11 is 0. The molecule has 0 saturated carbocycles. The van der Waals surface area contributed by atoms with Crippen LogP contribution in [0.5, 0.6) is 0 Å². The molecular weight excluding hydrogens is 302 g/mol. The van der Waals surface area contributed by atoms with Gasteiger partial charge in [-0.25, -0.2) is 0 Å². The normalized spacial score (nSPS) is 15.0. The number of hydrogen-bond acceptors (Lipinski definition) is 3. The monoisotopic (exact) mass is 317 g/mol. The summed E-state index contributed by atoms with van der Waals surface area (Å²) in [5.74, 6) is -0.703. The molecule has 3 aromatic carbocycles. The third-order valence-electron chi connectivity index (χ3n) is 4.39. The van der Waals surface area contributed by atoms with Crippen LogP contribution in [0.15, 0.2) is 66.7 Å². The standard InChI is InChI=1S/C20H15NO3/c22-18(15-10-9-13-5-1-2-6-14(13)11-15)12-21-19(23)16-7-3-4-8-17(16)20(21)24/h1-11,18,22H,12H2. The molecule has 0 bridgehead atoms. The molecule has 3 aromatic rings. The fourth-order valence-electron chi connectivity index (χ4n) is 3.10. The van der Waals surface area contributed by atoms with Gasteiger partial charge in [-0.15, -0.1) is 0 Å². The largest absolute Gasteiger partial charge is 0.387 e. The highest BCUT2D eigenvalue weighted by Gasteiger charge is 2.36. The molecule has 0 saturated heterocycles. The van der Waals surface area contributed by atoms with Gasteiger partial charge in [0.2, 0.25) is 0 Å². The van der Waals surface area contributed by atoms with Gasteiger partial charge in [0.1, 0.15) is 0 Å². The van der Waals surface area contributed by atoms with Crippen LogP contribution in [0.25, 0.3) is 10.8 Å². The van der Waals surface area contributed by atoms with E-state index in [-0.39, 0.29) is 18.4 Å². The van der Waals surface area contributed by atoms with E-state index in [2.05, 4.69) is 0 Å². The van der Waals surface area contributed by atoms with Gasteiger partial charge in [-0.3, -0.25) is 14.5 Å². The van der Waals surface area contributed by atoms with E-state index in [4.69, 9.17) is 0 Å². The van der Waals surface area contributed by atoms with Gasteiger partial charge in [-0.2, -0.15) is 0 Å². The lowest BCUT2D eigenvalue weighted by molar-refractivity contribution is 0.0543. The first-order chi connectivity index (χ1) is 11.6. The molecule has 118 valence electrons. The molecule has 1 heterocycles. The van der Waals surface area contributed by atoms with Gasteiger partial charge in [-0.1, -0.05) is 48.5 Å². The summed E-state index contributed by atoms with van der Waals surface area (Å²) in [7, 11) is 0. The van der Waals surface area contributed by atoms with Gasteiger partial charge >= 0.3 is 0 Å². The highest BCUT2D eigenvalue weighted by atomic mass is 16.3. The highest BCUT2D eigenvalue weighted by Crippen LogP contribution is 2.26. The van der Waals surface area contributed by atoms with Crippen LogP contribution in [0.3, 0.4) is 0 Å². The Hall–Kier alpha value is -2.98. The predicted octanol–water partition coefficient (Wildman–Crippen LogP) is 3.17. The van der Waals surface area contributed by atoms with E-state index in [1.54, 1.807) is 24.3 Å². The first kappa shape index (κ1) is 14.6. The highest BCUT2D eigenvalue weighted by molar-refractivity contribution is 6.21. The zero-order valence-corrected chi connectivity index (χ0v) is 12.8. The Kier molecular flexibility index (Phi) is 3.40. The minimum absolute atomic E-state index is 0.0509. The minimum Gasteiger partial charge on any atom is -0.387 e. The lowest BCUT2D eigenvalue weighted by Gasteiger charge is -2.19. The quantitative estimate of drug-likeness (QED) is 0.755. The molecule has 2 amide bonds. The fourth-order valence-corrected chi connectivity index (χ4v) is 3.10. The second-order valence-corrected chi connectivity index (χ2v) is 5.89. The average Bonchev–Trinajstić information content (AvgIpc) is 2.86. The fraction of sp³-hybridized carbons (Fsp3) is 0.100. The van der Waals surface area contributed by atoms with E-state index in [1.807, 2.05) is 42.5 Å². The van der Waals surface area contributed by atoms with Gasteiger partial charge in [0.15, 0.2) is 0 Å². The number of hydrogen-bond donors (Lipinski definition) is 1. The van der Waals surface area contributed by atoms with Crippen LogP contribution in [0.2, 0.25) is 0 Å². The summed E-state index contributed by atoms with van der Waals surface area (Å²) in [4.78, 5) is 25.9. The lowest BCUT2D eigenvalue weighted by atomic mass is 10.0. The Bertz CT molecular complexity index is 929. The molecule has 24 heavy (non-hydrogen) atoms. The molecule has 1 unspecified atom stereocenters. The van der Waals surface area contributed by atoms with Gasteiger partial charge in [0, 0.05) is 0 Å². The Morgan fingerprint density at radius 1 is 0.792 bits per heavy atom. The van der Waals surface area contributed by atoms with Crippen molar-refractivity contribution in [2.45, 2.75) is 6.10 Å². The topological polar surface area (TPSA) is 57.6 Å². The maximum absolute atomic E-state index is 12.4. The number of aliphatic hydroxyl groups excluding tert-OH is 1. The van der Waals surface area contributed by atoms with Crippen molar-refractivity contribution >= 4 is 22.6 Å². The maximum atomic E-state index is 12.4. The zero-order valence-electron chi connectivity index (χ0n) is 12.8. The molecule has 0 aliphatic carbocycles. The van der Waals surface area contributed by atoms with E-state index in [0.29, 0.717) is 16.7 Å². The summed E-state index contributed by atoms with van der Waals surface area (Å²) in [6, 6.07) is 20.2. The van der Waals surface area contributed by atoms with Crippen molar-refractivity contribution in [1.29, 1.82) is 0 Å². The SMILES string of the molecule is O=C1c2ccccc2C(=O)N1CC(O)c1ccc2ccccc2c1. The Balaban J connectivity index is 1.61. The second kappa shape index (κ2) is 5.58. The van der Waals surface area contributed by atoms with Gasteiger partial charge in [0.25, 0.3) is 11.8 Å². The van der Waals surface area contributed by atoms with Gasteiger partial charge in [0.05, 0.1) is 23.8 Å². The number of β-amino-alcohol motifs (C(OH)–C–C–N with tert-alkyl or cyclic N) is 1. The molecule has 0 fully saturated rings. The molecule has 0 spiro atoms. The van der Waals surface area contributed by atoms with Crippen LogP contribution in [-0.2, 0) is 0 Å². The second-order valence-electron chi connectivity index (χ2n) is 5.89. The van der Waals surface area contributed by atoms with Crippen LogP contribution in [0.4, 0.5) is 0 Å². The van der Waals surface area contributed by atoms with E-state index < -0.39 is 6.10 Å². The number of imide groups is 1. The minimum atomic E-state index is -0.920. The van der Waals surface area contributed by atoms with Crippen molar-refractivity contribution < 1.29 is 14.7 Å². The van der Waals surface area contributed by atoms with Crippen LogP contribution in [-0.4, -0.2) is 28.4 Å². The van der Waals surface area contributed by atoms with E-state index in [9.17, 15) is 14.7 Å². The maximum Gasteiger partial charge on any atom is 0.261 e. The third-order valence-corrected chi connectivity index (χ3v) is 4.39. The predicted molar refractivity (Wildman–Crippen MR) is 90.7 cm³/mol. The summed E-state index contributed by atoms with van der Waals surface area (Å²) in [6.07, 6.45) is -0.920. The third kappa shape index (κ3) is 2.28. The number of carbonyl (C=O) groups excluding carboxylic acids is 2. The first-order valence-electron chi connectivity index (χ1n) is 7.77. The molecule has 1 N–H and O–H groups in total. The smallest absolute Gasteiger partial charge is 0.261 e. The number of amides is 2. The molecule has 4 rings (SSSR count). The molecular formula is C20H15NO3. The number of nitrogens with zero attached hydrogens (tertiary/aromatic N) is 1. The summed E-state index contributed by atoms with van der Waals surface area (Å²) in [5.41, 5.74) is 1.48. The van der Waals surface area contributed by atoms with Crippen molar-refractivity contribution in [2.24, 2.45) is 0 Å². The van der Waals surface area contributed by atoms with E-state index >= 15 is 0 Å². The molecule has 4 nitrogen and oxygen atoms in total. The van der Waals surface area contributed by atoms with Crippen LogP contribution >= 0.6 is 0 Å². The van der Waals surface area contributed by atoms with Crippen molar-refractivity contribution in [2.75, 3.05) is 6.54 Å². The molecule has 1 atom stereocenters. The summed E-state index contributed by atoms with van der Waals surface area (Å²) in [6.45, 7) is -0.0509. The molecule has 1 aliphatic rings. The molecule has 0 radical (unpaired) electrons. The number of rotatable bonds is 3. The molecule has 1 aliphatic heterocycles. The summed E-state index contributed by atoms with van der Waals surface area (Å²) in [5, 5.41) is 12.6. The lowest BCUT2D eigenvalue weighted by Crippen LogP contribution is -2.33. The van der Waals surface area contributed by atoms with Crippen LogP contribution in [0, 0.1) is 0 Å². The Labute approximate surface area is 139 Å². The number of carbonyl (C=O) groups is 2. The number of aliphatic hydroxyl groups is 1. The van der Waals surface area contributed by atoms with Crippen molar-refractivity contribution in [3.05, 3.63) is 83.4 Å².